The van der Waals surface area contributed by atoms with Crippen LogP contribution in [0.4, 0.5) is 0 Å². The van der Waals surface area contributed by atoms with Gasteiger partial charge in [0.1, 0.15) is 11.5 Å². The molecule has 0 aromatic heterocycles. The minimum absolute atomic E-state index is 0.236. The molecule has 1 atom stereocenters. The van der Waals surface area contributed by atoms with E-state index in [0.717, 1.165) is 30.4 Å². The summed E-state index contributed by atoms with van der Waals surface area (Å²) in [5.41, 5.74) is 4.46. The molecule has 0 saturated carbocycles. The van der Waals surface area contributed by atoms with Gasteiger partial charge in [-0.3, -0.25) is 0 Å². The molecule has 2 rings (SSSR count). The van der Waals surface area contributed by atoms with Crippen LogP contribution in [-0.4, -0.2) is 10.2 Å². The molecule has 0 radical (unpaired) electrons. The van der Waals surface area contributed by atoms with E-state index in [9.17, 15) is 10.2 Å². The van der Waals surface area contributed by atoms with Crippen molar-refractivity contribution in [1.82, 2.24) is 0 Å². The quantitative estimate of drug-likeness (QED) is 0.577. The summed E-state index contributed by atoms with van der Waals surface area (Å²) < 4.78 is 0. The lowest BCUT2D eigenvalue weighted by atomic mass is 9.80. The molecule has 1 aromatic rings. The first-order chi connectivity index (χ1) is 9.40. The average molecular weight is 272 g/mol. The second kappa shape index (κ2) is 7.05. The van der Waals surface area contributed by atoms with E-state index >= 15 is 0 Å². The third kappa shape index (κ3) is 3.81. The van der Waals surface area contributed by atoms with Crippen molar-refractivity contribution in [3.05, 3.63) is 34.4 Å². The van der Waals surface area contributed by atoms with Crippen molar-refractivity contribution in [2.24, 2.45) is 0 Å². The molecule has 2 N–H and O–H groups in total. The van der Waals surface area contributed by atoms with Crippen LogP contribution >= 0.6 is 0 Å². The number of rotatable bonds is 1. The van der Waals surface area contributed by atoms with Gasteiger partial charge >= 0.3 is 0 Å². The standard InChI is InChI=1S/C15H20O2.C3H4/c1-9-6-13(16)15(14(17)7-9)12-5-4-10(2)11(3)8-12;1-3-2/h6-7,12,16-17H,4-5,8H2,1-3H3;1H,2H3/t12-;/m0./s1. The molecule has 2 heteroatoms. The number of hydrogen-bond donors (Lipinski definition) is 2. The Kier molecular flexibility index (Phi) is 5.70. The second-order valence-corrected chi connectivity index (χ2v) is 5.51. The van der Waals surface area contributed by atoms with Gasteiger partial charge < -0.3 is 10.2 Å². The largest absolute Gasteiger partial charge is 0.508 e. The highest BCUT2D eigenvalue weighted by Crippen LogP contribution is 2.43. The van der Waals surface area contributed by atoms with Gasteiger partial charge in [-0.2, -0.15) is 0 Å². The molecule has 108 valence electrons. The monoisotopic (exact) mass is 272 g/mol. The minimum atomic E-state index is 0.236. The Labute approximate surface area is 122 Å². The van der Waals surface area contributed by atoms with Gasteiger partial charge in [0.25, 0.3) is 0 Å². The lowest BCUT2D eigenvalue weighted by Crippen LogP contribution is -2.07. The normalized spacial score (nSPS) is 18.1. The van der Waals surface area contributed by atoms with Gasteiger partial charge in [0.15, 0.2) is 0 Å². The summed E-state index contributed by atoms with van der Waals surface area (Å²) in [5, 5.41) is 20.0. The predicted octanol–water partition coefficient (Wildman–Crippen LogP) is 4.65. The molecule has 2 nitrogen and oxygen atoms in total. The summed E-state index contributed by atoms with van der Waals surface area (Å²) in [5.74, 6) is 2.97. The van der Waals surface area contributed by atoms with Crippen molar-refractivity contribution in [2.75, 3.05) is 0 Å². The van der Waals surface area contributed by atoms with Crippen molar-refractivity contribution in [1.29, 1.82) is 0 Å². The maximum Gasteiger partial charge on any atom is 0.123 e. The molecule has 0 aliphatic heterocycles. The highest BCUT2D eigenvalue weighted by Gasteiger charge is 2.23. The molecular weight excluding hydrogens is 248 g/mol. The molecule has 0 saturated heterocycles. The fraction of sp³-hybridized carbons (Fsp3) is 0.444. The van der Waals surface area contributed by atoms with Gasteiger partial charge in [-0.25, -0.2) is 0 Å². The molecule has 1 aliphatic carbocycles. The van der Waals surface area contributed by atoms with E-state index in [-0.39, 0.29) is 17.4 Å². The van der Waals surface area contributed by atoms with Crippen molar-refractivity contribution >= 4 is 0 Å². The summed E-state index contributed by atoms with van der Waals surface area (Å²) in [6.07, 6.45) is 7.60. The number of allylic oxidation sites excluding steroid dienone is 2. The zero-order chi connectivity index (χ0) is 15.3. The van der Waals surface area contributed by atoms with Crippen LogP contribution in [0.5, 0.6) is 11.5 Å². The molecule has 0 heterocycles. The lowest BCUT2D eigenvalue weighted by molar-refractivity contribution is 0.418. The number of hydrogen-bond acceptors (Lipinski definition) is 2. The van der Waals surface area contributed by atoms with E-state index in [1.54, 1.807) is 19.1 Å². The van der Waals surface area contributed by atoms with E-state index in [0.29, 0.717) is 0 Å². The van der Waals surface area contributed by atoms with Crippen LogP contribution in [-0.2, 0) is 0 Å². The van der Waals surface area contributed by atoms with E-state index in [1.807, 2.05) is 6.92 Å². The molecule has 0 unspecified atom stereocenters. The van der Waals surface area contributed by atoms with E-state index < -0.39 is 0 Å². The smallest absolute Gasteiger partial charge is 0.123 e. The van der Waals surface area contributed by atoms with Crippen molar-refractivity contribution < 1.29 is 10.2 Å². The molecular formula is C18H24O2. The first-order valence-corrected chi connectivity index (χ1v) is 6.95. The SMILES string of the molecule is C#CC.CC1=C(C)C[C@@H](c2c(O)cc(C)cc2O)CC1. The van der Waals surface area contributed by atoms with Crippen LogP contribution in [0.1, 0.15) is 57.1 Å². The van der Waals surface area contributed by atoms with Crippen LogP contribution in [0.15, 0.2) is 23.3 Å². The van der Waals surface area contributed by atoms with Crippen LogP contribution in [0, 0.1) is 19.3 Å². The van der Waals surface area contributed by atoms with Crippen LogP contribution in [0.3, 0.4) is 0 Å². The highest BCUT2D eigenvalue weighted by atomic mass is 16.3. The summed E-state index contributed by atoms with van der Waals surface area (Å²) in [6, 6.07) is 3.46. The van der Waals surface area contributed by atoms with E-state index in [2.05, 4.69) is 26.2 Å². The molecule has 1 aromatic carbocycles. The molecule has 0 bridgehead atoms. The fourth-order valence-electron chi connectivity index (χ4n) is 2.67. The van der Waals surface area contributed by atoms with Crippen LogP contribution in [0.2, 0.25) is 0 Å². The van der Waals surface area contributed by atoms with Gasteiger partial charge in [-0.1, -0.05) is 11.1 Å². The van der Waals surface area contributed by atoms with Crippen molar-refractivity contribution in [3.8, 4) is 23.8 Å². The molecule has 0 fully saturated rings. The lowest BCUT2D eigenvalue weighted by Gasteiger charge is -2.26. The fourth-order valence-corrected chi connectivity index (χ4v) is 2.67. The van der Waals surface area contributed by atoms with E-state index in [1.165, 1.54) is 11.1 Å². The van der Waals surface area contributed by atoms with Gasteiger partial charge in [-0.15, -0.1) is 12.3 Å². The summed E-state index contributed by atoms with van der Waals surface area (Å²) >= 11 is 0. The third-order valence-corrected chi connectivity index (χ3v) is 3.84. The maximum absolute atomic E-state index is 10.0. The van der Waals surface area contributed by atoms with E-state index in [4.69, 9.17) is 0 Å². The topological polar surface area (TPSA) is 40.5 Å². The Morgan fingerprint density at radius 3 is 2.05 bits per heavy atom. The number of terminal acetylenes is 1. The van der Waals surface area contributed by atoms with Gasteiger partial charge in [0.2, 0.25) is 0 Å². The minimum Gasteiger partial charge on any atom is -0.508 e. The van der Waals surface area contributed by atoms with Gasteiger partial charge in [-0.05, 0) is 70.6 Å². The average Bonchev–Trinajstić information content (AvgIpc) is 2.33. The van der Waals surface area contributed by atoms with Crippen molar-refractivity contribution in [2.45, 2.75) is 52.9 Å². The van der Waals surface area contributed by atoms with Gasteiger partial charge in [0, 0.05) is 5.56 Å². The molecule has 1 aliphatic rings. The van der Waals surface area contributed by atoms with Gasteiger partial charge in [0.05, 0.1) is 0 Å². The number of phenols is 2. The molecule has 0 amide bonds. The predicted molar refractivity (Wildman–Crippen MR) is 84.0 cm³/mol. The summed E-state index contributed by atoms with van der Waals surface area (Å²) in [6.45, 7) is 7.84. The zero-order valence-corrected chi connectivity index (χ0v) is 12.8. The highest BCUT2D eigenvalue weighted by molar-refractivity contribution is 5.49. The Morgan fingerprint density at radius 1 is 1.10 bits per heavy atom. The van der Waals surface area contributed by atoms with Crippen LogP contribution in [0.25, 0.3) is 0 Å². The first-order valence-electron chi connectivity index (χ1n) is 6.95. The number of phenolic OH excluding ortho intramolecular Hbond substituents is 2. The number of benzene rings is 1. The molecule has 0 spiro atoms. The Bertz CT molecular complexity index is 524. The first kappa shape index (κ1) is 16.2. The summed E-state index contributed by atoms with van der Waals surface area (Å²) in [7, 11) is 0. The van der Waals surface area contributed by atoms with Crippen molar-refractivity contribution in [3.63, 3.8) is 0 Å². The van der Waals surface area contributed by atoms with Crippen LogP contribution < -0.4 is 0 Å². The Hall–Kier alpha value is -1.88. The zero-order valence-electron chi connectivity index (χ0n) is 12.8. The molecule has 20 heavy (non-hydrogen) atoms. The number of aryl methyl sites for hydroxylation is 1. The third-order valence-electron chi connectivity index (χ3n) is 3.84. The second-order valence-electron chi connectivity index (χ2n) is 5.51. The Balaban J connectivity index is 0.000000612. The Morgan fingerprint density at radius 2 is 1.60 bits per heavy atom. The number of aromatic hydroxyl groups is 2. The summed E-state index contributed by atoms with van der Waals surface area (Å²) in [4.78, 5) is 0. The maximum atomic E-state index is 10.0.